The van der Waals surface area contributed by atoms with Gasteiger partial charge in [0.2, 0.25) is 0 Å². The van der Waals surface area contributed by atoms with Gasteiger partial charge in [-0.2, -0.15) is 0 Å². The minimum absolute atomic E-state index is 0.173. The third-order valence-corrected chi connectivity index (χ3v) is 5.14. The van der Waals surface area contributed by atoms with E-state index in [-0.39, 0.29) is 23.3 Å². The van der Waals surface area contributed by atoms with Crippen LogP contribution in [0.15, 0.2) is 66.7 Å². The summed E-state index contributed by atoms with van der Waals surface area (Å²) in [5.74, 6) is 0.319. The van der Waals surface area contributed by atoms with Crippen LogP contribution in [-0.4, -0.2) is 25.4 Å². The quantitative estimate of drug-likeness (QED) is 0.314. The van der Waals surface area contributed by atoms with Crippen LogP contribution in [0.3, 0.4) is 0 Å². The Morgan fingerprint density at radius 1 is 1.00 bits per heavy atom. The monoisotopic (exact) mass is 469 g/mol. The van der Waals surface area contributed by atoms with Gasteiger partial charge in [0, 0.05) is 16.3 Å². The number of hydrogen-bond donors (Lipinski definition) is 1. The summed E-state index contributed by atoms with van der Waals surface area (Å²) in [4.78, 5) is 24.6. The standard InChI is InChI=1S/C25H21Cl2NO4/c1-16-5-3-4-6-21(16)28-25(30)15-32-23-12-8-17(13-24(23)31-2)7-11-22(29)19-10-9-18(26)14-20(19)27/h3-14H,15H2,1-2H3,(H,28,30)/b11-7+. The van der Waals surface area contributed by atoms with Crippen molar-refractivity contribution in [3.8, 4) is 11.5 Å². The van der Waals surface area contributed by atoms with Crippen LogP contribution >= 0.6 is 23.2 Å². The van der Waals surface area contributed by atoms with E-state index in [4.69, 9.17) is 32.7 Å². The molecule has 0 atom stereocenters. The average molecular weight is 470 g/mol. The van der Waals surface area contributed by atoms with E-state index in [1.165, 1.54) is 19.3 Å². The van der Waals surface area contributed by atoms with Crippen molar-refractivity contribution in [2.75, 3.05) is 19.0 Å². The van der Waals surface area contributed by atoms with Crippen molar-refractivity contribution < 1.29 is 19.1 Å². The highest BCUT2D eigenvalue weighted by molar-refractivity contribution is 6.37. The summed E-state index contributed by atoms with van der Waals surface area (Å²) in [5.41, 5.74) is 2.78. The van der Waals surface area contributed by atoms with Crippen molar-refractivity contribution in [3.63, 3.8) is 0 Å². The fraction of sp³-hybridized carbons (Fsp3) is 0.120. The summed E-state index contributed by atoms with van der Waals surface area (Å²) in [6.45, 7) is 1.74. The number of ether oxygens (including phenoxy) is 2. The number of nitrogens with one attached hydrogen (secondary N) is 1. The minimum Gasteiger partial charge on any atom is -0.493 e. The Morgan fingerprint density at radius 3 is 2.50 bits per heavy atom. The molecular weight excluding hydrogens is 449 g/mol. The molecule has 0 aliphatic rings. The van der Waals surface area contributed by atoms with E-state index in [2.05, 4.69) is 5.32 Å². The molecule has 0 aliphatic carbocycles. The van der Waals surface area contributed by atoms with Gasteiger partial charge in [0.05, 0.1) is 12.1 Å². The normalized spacial score (nSPS) is 10.8. The fourth-order valence-electron chi connectivity index (χ4n) is 2.90. The molecule has 0 spiro atoms. The number of ketones is 1. The Hall–Kier alpha value is -3.28. The Bertz CT molecular complexity index is 1170. The number of benzene rings is 3. The molecule has 1 N–H and O–H groups in total. The van der Waals surface area contributed by atoms with E-state index >= 15 is 0 Å². The van der Waals surface area contributed by atoms with Crippen molar-refractivity contribution in [1.29, 1.82) is 0 Å². The van der Waals surface area contributed by atoms with Gasteiger partial charge in [-0.15, -0.1) is 0 Å². The van der Waals surface area contributed by atoms with Gasteiger partial charge in [0.15, 0.2) is 23.9 Å². The Morgan fingerprint density at radius 2 is 1.78 bits per heavy atom. The zero-order valence-electron chi connectivity index (χ0n) is 17.5. The summed E-state index contributed by atoms with van der Waals surface area (Å²) < 4.78 is 11.0. The van der Waals surface area contributed by atoms with Crippen LogP contribution < -0.4 is 14.8 Å². The van der Waals surface area contributed by atoms with Crippen molar-refractivity contribution in [1.82, 2.24) is 0 Å². The van der Waals surface area contributed by atoms with Gasteiger partial charge in [-0.3, -0.25) is 9.59 Å². The molecule has 0 unspecified atom stereocenters. The molecule has 5 nitrogen and oxygen atoms in total. The molecule has 3 aromatic carbocycles. The first-order valence-electron chi connectivity index (χ1n) is 9.71. The third-order valence-electron chi connectivity index (χ3n) is 4.59. The first-order valence-corrected chi connectivity index (χ1v) is 10.5. The maximum Gasteiger partial charge on any atom is 0.262 e. The van der Waals surface area contributed by atoms with E-state index in [1.807, 2.05) is 31.2 Å². The second kappa shape index (κ2) is 10.8. The predicted molar refractivity (Wildman–Crippen MR) is 128 cm³/mol. The third kappa shape index (κ3) is 6.13. The SMILES string of the molecule is COc1cc(/C=C/C(=O)c2ccc(Cl)cc2Cl)ccc1OCC(=O)Nc1ccccc1C. The van der Waals surface area contributed by atoms with Gasteiger partial charge < -0.3 is 14.8 Å². The fourth-order valence-corrected chi connectivity index (χ4v) is 3.40. The summed E-state index contributed by atoms with van der Waals surface area (Å²) in [5, 5.41) is 3.56. The van der Waals surface area contributed by atoms with E-state index in [9.17, 15) is 9.59 Å². The van der Waals surface area contributed by atoms with Crippen molar-refractivity contribution >= 4 is 46.7 Å². The van der Waals surface area contributed by atoms with E-state index in [0.29, 0.717) is 22.1 Å². The molecule has 0 heterocycles. The van der Waals surface area contributed by atoms with Crippen LogP contribution in [-0.2, 0) is 4.79 Å². The molecule has 164 valence electrons. The van der Waals surface area contributed by atoms with E-state index in [0.717, 1.165) is 16.8 Å². The van der Waals surface area contributed by atoms with Gasteiger partial charge in [-0.1, -0.05) is 53.5 Å². The predicted octanol–water partition coefficient (Wildman–Crippen LogP) is 6.22. The molecule has 0 saturated carbocycles. The molecule has 0 fully saturated rings. The summed E-state index contributed by atoms with van der Waals surface area (Å²) in [6.07, 6.45) is 3.06. The van der Waals surface area contributed by atoms with Gasteiger partial charge in [0.25, 0.3) is 5.91 Å². The highest BCUT2D eigenvalue weighted by atomic mass is 35.5. The Balaban J connectivity index is 1.65. The summed E-state index contributed by atoms with van der Waals surface area (Å²) in [7, 11) is 1.50. The minimum atomic E-state index is -0.282. The second-order valence-electron chi connectivity index (χ2n) is 6.88. The van der Waals surface area contributed by atoms with Crippen LogP contribution in [0.4, 0.5) is 5.69 Å². The lowest BCUT2D eigenvalue weighted by Gasteiger charge is -2.12. The lowest BCUT2D eigenvalue weighted by molar-refractivity contribution is -0.118. The van der Waals surface area contributed by atoms with Crippen LogP contribution in [0.25, 0.3) is 6.08 Å². The van der Waals surface area contributed by atoms with Gasteiger partial charge in [-0.05, 0) is 60.5 Å². The first-order chi connectivity index (χ1) is 15.4. The molecule has 3 aromatic rings. The lowest BCUT2D eigenvalue weighted by atomic mass is 10.1. The topological polar surface area (TPSA) is 64.6 Å². The van der Waals surface area contributed by atoms with E-state index < -0.39 is 0 Å². The molecule has 7 heteroatoms. The van der Waals surface area contributed by atoms with Crippen molar-refractivity contribution in [3.05, 3.63) is 93.5 Å². The zero-order chi connectivity index (χ0) is 23.1. The highest BCUT2D eigenvalue weighted by Gasteiger charge is 2.11. The highest BCUT2D eigenvalue weighted by Crippen LogP contribution is 2.29. The maximum absolute atomic E-state index is 12.4. The zero-order valence-corrected chi connectivity index (χ0v) is 19.0. The number of carbonyl (C=O) groups is 2. The molecule has 0 aromatic heterocycles. The molecule has 0 bridgehead atoms. The number of halogens is 2. The average Bonchev–Trinajstić information content (AvgIpc) is 2.77. The van der Waals surface area contributed by atoms with Crippen LogP contribution in [0.2, 0.25) is 10.0 Å². The molecule has 0 aliphatic heterocycles. The number of aryl methyl sites for hydroxylation is 1. The largest absolute Gasteiger partial charge is 0.493 e. The summed E-state index contributed by atoms with van der Waals surface area (Å²) >= 11 is 12.0. The van der Waals surface area contributed by atoms with Crippen molar-refractivity contribution in [2.24, 2.45) is 0 Å². The number of allylic oxidation sites excluding steroid dienone is 1. The maximum atomic E-state index is 12.4. The number of rotatable bonds is 8. The molecular formula is C25H21Cl2NO4. The number of anilines is 1. The van der Waals surface area contributed by atoms with Crippen LogP contribution in [0.1, 0.15) is 21.5 Å². The number of amides is 1. The van der Waals surface area contributed by atoms with Gasteiger partial charge in [0.1, 0.15) is 0 Å². The van der Waals surface area contributed by atoms with Gasteiger partial charge in [-0.25, -0.2) is 0 Å². The number of methoxy groups -OCH3 is 1. The molecule has 0 saturated heterocycles. The lowest BCUT2D eigenvalue weighted by Crippen LogP contribution is -2.20. The number of para-hydroxylation sites is 1. The number of hydrogen-bond acceptors (Lipinski definition) is 4. The molecule has 32 heavy (non-hydrogen) atoms. The van der Waals surface area contributed by atoms with Crippen LogP contribution in [0, 0.1) is 6.92 Å². The smallest absolute Gasteiger partial charge is 0.262 e. The Kier molecular flexibility index (Phi) is 7.92. The first kappa shape index (κ1) is 23.4. The number of carbonyl (C=O) groups excluding carboxylic acids is 2. The van der Waals surface area contributed by atoms with Crippen molar-refractivity contribution in [2.45, 2.75) is 6.92 Å². The van der Waals surface area contributed by atoms with Gasteiger partial charge >= 0.3 is 0 Å². The second-order valence-corrected chi connectivity index (χ2v) is 7.73. The Labute approximate surface area is 196 Å². The van der Waals surface area contributed by atoms with E-state index in [1.54, 1.807) is 36.4 Å². The molecule has 1 amide bonds. The molecule has 0 radical (unpaired) electrons. The summed E-state index contributed by atoms with van der Waals surface area (Å²) in [6, 6.07) is 17.4. The molecule has 3 rings (SSSR count). The van der Waals surface area contributed by atoms with Crippen LogP contribution in [0.5, 0.6) is 11.5 Å².